The molecule has 294 valence electrons. The van der Waals surface area contributed by atoms with Crippen LogP contribution in [-0.4, -0.2) is 12.9 Å². The van der Waals surface area contributed by atoms with Crippen molar-refractivity contribution in [1.82, 2.24) is 0 Å². The molecule has 0 saturated carbocycles. The van der Waals surface area contributed by atoms with Gasteiger partial charge in [-0.2, -0.15) is 0 Å². The van der Waals surface area contributed by atoms with Gasteiger partial charge >= 0.3 is 0 Å². The standard InChI is InChI=1S/C34H27NS.C21H20N2S/c1-34(2)28-11-5-3-9-26(28)32-27(10-7-12-29(32)34)33(35)22-16-14-21(15-17-22)23-18-19-25-24-8-4-6-13-30(24)36-31(25)20-23;1-21(13-23-14-22)10-8-15(9-11-21)16-6-7-18-17-4-2-3-5-19(17)24-20(18)12-16/h3-20,33H,35H2,1-2H3;2-10,12,14H,11,13H2,1H3,(H2,22,23). The molecule has 0 fully saturated rings. The molecular formula is C55H47N3S2. The number of aliphatic imine (C=N–C) groups is 1. The van der Waals surface area contributed by atoms with Gasteiger partial charge in [-0.15, -0.1) is 22.7 Å². The number of nitrogens with two attached hydrogens (primary N) is 2. The van der Waals surface area contributed by atoms with Gasteiger partial charge in [0.25, 0.3) is 0 Å². The van der Waals surface area contributed by atoms with Gasteiger partial charge < -0.3 is 11.5 Å². The molecule has 3 nitrogen and oxygen atoms in total. The van der Waals surface area contributed by atoms with Crippen LogP contribution in [0.25, 0.3) is 68.2 Å². The van der Waals surface area contributed by atoms with Crippen molar-refractivity contribution in [2.75, 3.05) is 6.54 Å². The molecule has 2 heterocycles. The van der Waals surface area contributed by atoms with Crippen molar-refractivity contribution >= 4 is 74.9 Å². The topological polar surface area (TPSA) is 64.4 Å². The first kappa shape index (κ1) is 38.1. The van der Waals surface area contributed by atoms with Crippen LogP contribution in [0.15, 0.2) is 175 Å². The largest absolute Gasteiger partial charge is 0.390 e. The summed E-state index contributed by atoms with van der Waals surface area (Å²) in [5.74, 6) is 0. The van der Waals surface area contributed by atoms with Crippen molar-refractivity contribution in [2.45, 2.75) is 38.6 Å². The van der Waals surface area contributed by atoms with E-state index in [4.69, 9.17) is 11.5 Å². The fourth-order valence-corrected chi connectivity index (χ4v) is 11.6. The van der Waals surface area contributed by atoms with E-state index in [2.05, 4.69) is 196 Å². The third-order valence-electron chi connectivity index (χ3n) is 12.7. The smallest absolute Gasteiger partial charge is 0.0798 e. The van der Waals surface area contributed by atoms with E-state index in [0.717, 1.165) is 18.5 Å². The molecule has 0 spiro atoms. The maximum absolute atomic E-state index is 6.94. The minimum absolute atomic E-state index is 0.0171. The number of allylic oxidation sites excluding steroid dienone is 3. The van der Waals surface area contributed by atoms with Gasteiger partial charge in [-0.05, 0) is 86.3 Å². The van der Waals surface area contributed by atoms with Gasteiger partial charge in [0.1, 0.15) is 0 Å². The molecular weight excluding hydrogens is 767 g/mol. The Labute approximate surface area is 360 Å². The lowest BCUT2D eigenvalue weighted by Gasteiger charge is -2.26. The predicted octanol–water partition coefficient (Wildman–Crippen LogP) is 14.5. The predicted molar refractivity (Wildman–Crippen MR) is 262 cm³/mol. The summed E-state index contributed by atoms with van der Waals surface area (Å²) in [5.41, 5.74) is 25.1. The van der Waals surface area contributed by atoms with Crippen molar-refractivity contribution in [3.63, 3.8) is 0 Å². The molecule has 0 amide bonds. The van der Waals surface area contributed by atoms with E-state index in [-0.39, 0.29) is 16.9 Å². The first-order valence-corrected chi connectivity index (χ1v) is 22.4. The van der Waals surface area contributed by atoms with Crippen molar-refractivity contribution in [2.24, 2.45) is 21.9 Å². The lowest BCUT2D eigenvalue weighted by Crippen LogP contribution is -2.19. The van der Waals surface area contributed by atoms with Crippen LogP contribution in [0.1, 0.15) is 61.1 Å². The number of hydrogen-bond acceptors (Lipinski definition) is 4. The highest BCUT2D eigenvalue weighted by molar-refractivity contribution is 7.26. The second kappa shape index (κ2) is 15.2. The number of fused-ring (bicyclic) bond motifs is 9. The average molecular weight is 814 g/mol. The summed E-state index contributed by atoms with van der Waals surface area (Å²) >= 11 is 3.73. The van der Waals surface area contributed by atoms with Gasteiger partial charge in [-0.25, -0.2) is 0 Å². The van der Waals surface area contributed by atoms with Crippen molar-refractivity contribution in [1.29, 1.82) is 0 Å². The van der Waals surface area contributed by atoms with Crippen LogP contribution in [0.3, 0.4) is 0 Å². The molecule has 9 aromatic rings. The van der Waals surface area contributed by atoms with Crippen LogP contribution >= 0.6 is 22.7 Å². The maximum atomic E-state index is 6.94. The van der Waals surface area contributed by atoms with Crippen molar-refractivity contribution in [3.8, 4) is 22.3 Å². The summed E-state index contributed by atoms with van der Waals surface area (Å²) in [6.07, 6.45) is 9.20. The number of benzene rings is 7. The fraction of sp³-hybridized carbons (Fsp3) is 0.145. The third kappa shape index (κ3) is 6.67. The summed E-state index contributed by atoms with van der Waals surface area (Å²) < 4.78 is 5.37. The van der Waals surface area contributed by atoms with Gasteiger partial charge in [-0.3, -0.25) is 4.99 Å². The second-order valence-corrected chi connectivity index (χ2v) is 19.2. The highest BCUT2D eigenvalue weighted by atomic mass is 32.1. The minimum atomic E-state index is -0.180. The summed E-state index contributed by atoms with van der Waals surface area (Å²) in [4.78, 5) is 4.20. The minimum Gasteiger partial charge on any atom is -0.390 e. The third-order valence-corrected chi connectivity index (χ3v) is 14.9. The average Bonchev–Trinajstić information content (AvgIpc) is 3.93. The van der Waals surface area contributed by atoms with E-state index in [0.29, 0.717) is 0 Å². The molecule has 7 aromatic carbocycles. The fourth-order valence-electron chi connectivity index (χ4n) is 9.28. The van der Waals surface area contributed by atoms with Gasteiger partial charge in [0.15, 0.2) is 0 Å². The SMILES string of the molecule is CC1(C)c2ccccc2-c2c(C(N)c3ccc(-c4ccc5c(c4)sc4ccccc45)cc3)cccc21.CC1(CN=CN)C=CC(c2ccc3c(c2)sc2ccccc23)=CC1. The zero-order valence-corrected chi connectivity index (χ0v) is 35.8. The van der Waals surface area contributed by atoms with Crippen LogP contribution in [0.2, 0.25) is 0 Å². The summed E-state index contributed by atoms with van der Waals surface area (Å²) in [6, 6.07) is 54.9. The van der Waals surface area contributed by atoms with E-state index in [1.165, 1.54) is 96.8 Å². The first-order valence-electron chi connectivity index (χ1n) is 20.7. The van der Waals surface area contributed by atoms with E-state index in [1.807, 2.05) is 22.7 Å². The maximum Gasteiger partial charge on any atom is 0.0798 e. The van der Waals surface area contributed by atoms with E-state index < -0.39 is 0 Å². The molecule has 2 aromatic heterocycles. The lowest BCUT2D eigenvalue weighted by atomic mass is 9.81. The molecule has 4 N–H and O–H groups in total. The molecule has 0 saturated heterocycles. The van der Waals surface area contributed by atoms with Crippen molar-refractivity contribution in [3.05, 3.63) is 198 Å². The summed E-state index contributed by atoms with van der Waals surface area (Å²) in [6.45, 7) is 7.59. The Morgan fingerprint density at radius 1 is 0.617 bits per heavy atom. The molecule has 11 rings (SSSR count). The molecule has 0 aliphatic heterocycles. The van der Waals surface area contributed by atoms with Crippen LogP contribution in [0.5, 0.6) is 0 Å². The number of thiophene rings is 2. The molecule has 5 heteroatoms. The highest BCUT2D eigenvalue weighted by Gasteiger charge is 2.37. The first-order chi connectivity index (χ1) is 29.2. The molecule has 2 atom stereocenters. The number of nitrogens with zero attached hydrogens (tertiary/aromatic N) is 1. The summed E-state index contributed by atoms with van der Waals surface area (Å²) in [5, 5.41) is 5.37. The Bertz CT molecular complexity index is 3180. The zero-order valence-electron chi connectivity index (χ0n) is 34.2. The van der Waals surface area contributed by atoms with Gasteiger partial charge in [0, 0.05) is 57.7 Å². The van der Waals surface area contributed by atoms with E-state index in [1.54, 1.807) is 0 Å². The van der Waals surface area contributed by atoms with E-state index in [9.17, 15) is 0 Å². The Morgan fingerprint density at radius 3 is 1.87 bits per heavy atom. The molecule has 60 heavy (non-hydrogen) atoms. The Morgan fingerprint density at radius 2 is 1.20 bits per heavy atom. The zero-order chi connectivity index (χ0) is 41.0. The molecule has 2 aliphatic carbocycles. The lowest BCUT2D eigenvalue weighted by molar-refractivity contribution is 0.446. The van der Waals surface area contributed by atoms with Crippen LogP contribution < -0.4 is 11.5 Å². The van der Waals surface area contributed by atoms with Crippen molar-refractivity contribution < 1.29 is 0 Å². The quantitative estimate of drug-likeness (QED) is 0.130. The Balaban J connectivity index is 0.000000157. The molecule has 2 aliphatic rings. The van der Waals surface area contributed by atoms with Gasteiger partial charge in [-0.1, -0.05) is 166 Å². The van der Waals surface area contributed by atoms with Crippen LogP contribution in [-0.2, 0) is 5.41 Å². The molecule has 0 bridgehead atoms. The Hall–Kier alpha value is -6.11. The van der Waals surface area contributed by atoms with Gasteiger partial charge in [0.2, 0.25) is 0 Å². The van der Waals surface area contributed by atoms with E-state index >= 15 is 0 Å². The number of hydrogen-bond donors (Lipinski definition) is 2. The normalized spacial score (nSPS) is 17.2. The number of rotatable bonds is 6. The second-order valence-electron chi connectivity index (χ2n) is 17.0. The van der Waals surface area contributed by atoms with Gasteiger partial charge in [0.05, 0.1) is 12.4 Å². The molecule has 2 unspecified atom stereocenters. The monoisotopic (exact) mass is 813 g/mol. The van der Waals surface area contributed by atoms with Crippen LogP contribution in [0.4, 0.5) is 0 Å². The Kier molecular flexibility index (Phi) is 9.64. The molecule has 0 radical (unpaired) electrons. The van der Waals surface area contributed by atoms with Crippen LogP contribution in [0, 0.1) is 5.41 Å². The highest BCUT2D eigenvalue weighted by Crippen LogP contribution is 2.51. The summed E-state index contributed by atoms with van der Waals surface area (Å²) in [7, 11) is 0.